The Labute approximate surface area is 155 Å². The third-order valence-electron chi connectivity index (χ3n) is 3.97. The average Bonchev–Trinajstić information content (AvgIpc) is 3.35. The quantitative estimate of drug-likeness (QED) is 0.586. The van der Waals surface area contributed by atoms with Crippen LogP contribution in [-0.2, 0) is 0 Å². The Morgan fingerprint density at radius 1 is 1.08 bits per heavy atom. The van der Waals surface area contributed by atoms with Crippen LogP contribution in [0.2, 0.25) is 0 Å². The van der Waals surface area contributed by atoms with Crippen LogP contribution in [0.5, 0.6) is 0 Å². The molecule has 0 spiro atoms. The predicted octanol–water partition coefficient (Wildman–Crippen LogP) is 4.18. The van der Waals surface area contributed by atoms with Crippen LogP contribution in [0, 0.1) is 0 Å². The van der Waals surface area contributed by atoms with Crippen molar-refractivity contribution in [3.8, 4) is 33.8 Å². The van der Waals surface area contributed by atoms with Gasteiger partial charge in [0, 0.05) is 36.8 Å². The number of pyridine rings is 1. The van der Waals surface area contributed by atoms with Crippen LogP contribution >= 0.6 is 11.3 Å². The smallest absolute Gasteiger partial charge is 0.221 e. The molecule has 4 rings (SSSR count). The second-order valence-electron chi connectivity index (χ2n) is 5.94. The molecule has 0 amide bonds. The molecule has 0 bridgehead atoms. The van der Waals surface area contributed by atoms with E-state index in [1.165, 1.54) is 0 Å². The highest BCUT2D eigenvalue weighted by molar-refractivity contribution is 7.08. The summed E-state index contributed by atoms with van der Waals surface area (Å²) in [5.74, 6) is 1.71. The van der Waals surface area contributed by atoms with E-state index >= 15 is 0 Å². The SMILES string of the molecule is CN(C)c1cc(-c2c(-c3ccsc3)nc(N)nc2-c2ccco2)ccn1. The van der Waals surface area contributed by atoms with Gasteiger partial charge in [0.05, 0.1) is 12.0 Å². The topological polar surface area (TPSA) is 81.1 Å². The van der Waals surface area contributed by atoms with E-state index in [4.69, 9.17) is 10.2 Å². The molecule has 0 radical (unpaired) electrons. The van der Waals surface area contributed by atoms with Crippen molar-refractivity contribution in [1.82, 2.24) is 15.0 Å². The number of aromatic nitrogens is 3. The average molecular weight is 363 g/mol. The van der Waals surface area contributed by atoms with Gasteiger partial charge in [-0.3, -0.25) is 0 Å². The lowest BCUT2D eigenvalue weighted by Crippen LogP contribution is -2.10. The van der Waals surface area contributed by atoms with Crippen molar-refractivity contribution in [1.29, 1.82) is 0 Å². The van der Waals surface area contributed by atoms with E-state index in [-0.39, 0.29) is 5.95 Å². The third kappa shape index (κ3) is 2.93. The van der Waals surface area contributed by atoms with Crippen molar-refractivity contribution < 1.29 is 4.42 Å². The van der Waals surface area contributed by atoms with Gasteiger partial charge >= 0.3 is 0 Å². The second kappa shape index (κ2) is 6.61. The summed E-state index contributed by atoms with van der Waals surface area (Å²) in [7, 11) is 3.91. The fraction of sp³-hybridized carbons (Fsp3) is 0.105. The van der Waals surface area contributed by atoms with Gasteiger partial charge in [0.25, 0.3) is 0 Å². The van der Waals surface area contributed by atoms with Gasteiger partial charge in [-0.1, -0.05) is 0 Å². The fourth-order valence-electron chi connectivity index (χ4n) is 2.77. The molecular weight excluding hydrogens is 346 g/mol. The summed E-state index contributed by atoms with van der Waals surface area (Å²) in [6.45, 7) is 0. The molecule has 130 valence electrons. The molecule has 0 aliphatic heterocycles. The lowest BCUT2D eigenvalue weighted by molar-refractivity contribution is 0.580. The second-order valence-corrected chi connectivity index (χ2v) is 6.72. The summed E-state index contributed by atoms with van der Waals surface area (Å²) >= 11 is 1.61. The van der Waals surface area contributed by atoms with Crippen molar-refractivity contribution in [3.05, 3.63) is 53.6 Å². The zero-order valence-electron chi connectivity index (χ0n) is 14.4. The van der Waals surface area contributed by atoms with E-state index in [9.17, 15) is 0 Å². The van der Waals surface area contributed by atoms with Crippen LogP contribution in [0.15, 0.2) is 58.0 Å². The molecule has 0 atom stereocenters. The van der Waals surface area contributed by atoms with Crippen LogP contribution in [-0.4, -0.2) is 29.0 Å². The highest BCUT2D eigenvalue weighted by Crippen LogP contribution is 2.39. The number of rotatable bonds is 4. The monoisotopic (exact) mass is 363 g/mol. The molecule has 2 N–H and O–H groups in total. The molecule has 4 aromatic rings. The standard InChI is InChI=1S/C19H17N5OS/c1-24(2)15-10-12(5-7-21-15)16-17(13-6-9-26-11-13)22-19(20)23-18(16)14-4-3-8-25-14/h3-11H,1-2H3,(H2,20,22,23). The van der Waals surface area contributed by atoms with Gasteiger partial charge in [-0.25, -0.2) is 15.0 Å². The molecule has 0 saturated heterocycles. The molecule has 0 aliphatic rings. The van der Waals surface area contributed by atoms with E-state index in [1.54, 1.807) is 23.8 Å². The number of thiophene rings is 1. The lowest BCUT2D eigenvalue weighted by Gasteiger charge is -2.16. The molecule has 0 aliphatic carbocycles. The third-order valence-corrected chi connectivity index (χ3v) is 4.65. The van der Waals surface area contributed by atoms with Crippen LogP contribution in [0.3, 0.4) is 0 Å². The predicted molar refractivity (Wildman–Crippen MR) is 105 cm³/mol. The lowest BCUT2D eigenvalue weighted by atomic mass is 9.98. The maximum absolute atomic E-state index is 6.02. The van der Waals surface area contributed by atoms with E-state index in [0.717, 1.165) is 28.2 Å². The van der Waals surface area contributed by atoms with Crippen LogP contribution in [0.25, 0.3) is 33.8 Å². The molecule has 0 aromatic carbocycles. The van der Waals surface area contributed by atoms with Crippen LogP contribution in [0.1, 0.15) is 0 Å². The molecule has 4 aromatic heterocycles. The summed E-state index contributed by atoms with van der Waals surface area (Å²) in [5.41, 5.74) is 10.3. The Kier molecular flexibility index (Phi) is 4.14. The maximum Gasteiger partial charge on any atom is 0.221 e. The first-order chi connectivity index (χ1) is 12.6. The van der Waals surface area contributed by atoms with Gasteiger partial charge in [0.15, 0.2) is 5.76 Å². The molecule has 0 fully saturated rings. The Morgan fingerprint density at radius 3 is 2.62 bits per heavy atom. The number of nitrogen functional groups attached to an aromatic ring is 1. The van der Waals surface area contributed by atoms with Crippen molar-refractivity contribution in [2.75, 3.05) is 24.7 Å². The van der Waals surface area contributed by atoms with E-state index in [2.05, 4.69) is 15.0 Å². The molecule has 4 heterocycles. The molecule has 0 saturated carbocycles. The molecule has 0 unspecified atom stereocenters. The van der Waals surface area contributed by atoms with Gasteiger partial charge in [0.2, 0.25) is 5.95 Å². The summed E-state index contributed by atoms with van der Waals surface area (Å²) in [6, 6.07) is 9.69. The summed E-state index contributed by atoms with van der Waals surface area (Å²) in [4.78, 5) is 15.4. The van der Waals surface area contributed by atoms with Gasteiger partial charge in [0.1, 0.15) is 11.5 Å². The van der Waals surface area contributed by atoms with Crippen LogP contribution in [0.4, 0.5) is 11.8 Å². The summed E-state index contributed by atoms with van der Waals surface area (Å²) in [6.07, 6.45) is 3.41. The number of hydrogen-bond acceptors (Lipinski definition) is 7. The van der Waals surface area contributed by atoms with Crippen molar-refractivity contribution in [3.63, 3.8) is 0 Å². The zero-order valence-corrected chi connectivity index (χ0v) is 15.2. The Balaban J connectivity index is 2.04. The largest absolute Gasteiger partial charge is 0.463 e. The molecule has 7 heteroatoms. The van der Waals surface area contributed by atoms with Gasteiger partial charge in [-0.05, 0) is 41.3 Å². The Morgan fingerprint density at radius 2 is 1.92 bits per heavy atom. The van der Waals surface area contributed by atoms with E-state index in [0.29, 0.717) is 11.5 Å². The van der Waals surface area contributed by atoms with Crippen molar-refractivity contribution >= 4 is 23.1 Å². The number of nitrogens with zero attached hydrogens (tertiary/aromatic N) is 4. The number of nitrogens with two attached hydrogens (primary N) is 1. The minimum absolute atomic E-state index is 0.211. The van der Waals surface area contributed by atoms with Crippen molar-refractivity contribution in [2.45, 2.75) is 0 Å². The van der Waals surface area contributed by atoms with Gasteiger partial charge in [-0.2, -0.15) is 11.3 Å². The first-order valence-corrected chi connectivity index (χ1v) is 8.95. The molecule has 6 nitrogen and oxygen atoms in total. The van der Waals surface area contributed by atoms with Gasteiger partial charge < -0.3 is 15.1 Å². The maximum atomic E-state index is 6.02. The normalized spacial score (nSPS) is 10.8. The first kappa shape index (κ1) is 16.3. The first-order valence-electron chi connectivity index (χ1n) is 8.01. The van der Waals surface area contributed by atoms with E-state index in [1.807, 2.05) is 60.1 Å². The fourth-order valence-corrected chi connectivity index (χ4v) is 3.41. The van der Waals surface area contributed by atoms with Crippen molar-refractivity contribution in [2.24, 2.45) is 0 Å². The Bertz CT molecular complexity index is 971. The highest BCUT2D eigenvalue weighted by Gasteiger charge is 2.20. The molecule has 26 heavy (non-hydrogen) atoms. The van der Waals surface area contributed by atoms with E-state index < -0.39 is 0 Å². The number of hydrogen-bond donors (Lipinski definition) is 1. The minimum Gasteiger partial charge on any atom is -0.463 e. The number of furan rings is 1. The van der Waals surface area contributed by atoms with Gasteiger partial charge in [-0.15, -0.1) is 0 Å². The Hall–Kier alpha value is -3.19. The van der Waals surface area contributed by atoms with Crippen LogP contribution < -0.4 is 10.6 Å². The summed E-state index contributed by atoms with van der Waals surface area (Å²) < 4.78 is 5.62. The highest BCUT2D eigenvalue weighted by atomic mass is 32.1. The minimum atomic E-state index is 0.211. The summed E-state index contributed by atoms with van der Waals surface area (Å²) in [5, 5.41) is 4.06. The zero-order chi connectivity index (χ0) is 18.1. The number of anilines is 2. The molecular formula is C19H17N5OS.